The summed E-state index contributed by atoms with van der Waals surface area (Å²) in [7, 11) is 0. The third-order valence-corrected chi connectivity index (χ3v) is 3.57. The molecule has 0 radical (unpaired) electrons. The Morgan fingerprint density at radius 1 is 0.952 bits per heavy atom. The minimum Gasteiger partial charge on any atom is -0.313 e. The van der Waals surface area contributed by atoms with Crippen LogP contribution in [-0.4, -0.2) is 23.0 Å². The van der Waals surface area contributed by atoms with Crippen molar-refractivity contribution < 1.29 is 0 Å². The van der Waals surface area contributed by atoms with Crippen molar-refractivity contribution in [3.8, 4) is 0 Å². The van der Waals surface area contributed by atoms with Crippen LogP contribution in [0.5, 0.6) is 0 Å². The molecule has 0 bridgehead atoms. The Labute approximate surface area is 128 Å². The first kappa shape index (κ1) is 15.7. The lowest BCUT2D eigenvalue weighted by molar-refractivity contribution is 0.268. The number of nitrogens with zero attached hydrogens (tertiary/aromatic N) is 2. The summed E-state index contributed by atoms with van der Waals surface area (Å²) in [6.45, 7) is 9.17. The molecule has 1 N–H and O–H groups in total. The van der Waals surface area contributed by atoms with E-state index in [0.717, 1.165) is 38.4 Å². The molecule has 0 fully saturated rings. The molecule has 112 valence electrons. The van der Waals surface area contributed by atoms with Gasteiger partial charge in [0, 0.05) is 25.8 Å². The van der Waals surface area contributed by atoms with Crippen LogP contribution in [0.1, 0.15) is 30.7 Å². The van der Waals surface area contributed by atoms with Crippen LogP contribution in [0.25, 0.3) is 0 Å². The van der Waals surface area contributed by atoms with Crippen molar-refractivity contribution in [2.75, 3.05) is 13.1 Å². The molecule has 1 aromatic heterocycles. The smallest absolute Gasteiger partial charge is 0.0544 e. The Hall–Kier alpha value is -1.71. The predicted octanol–water partition coefficient (Wildman–Crippen LogP) is 3.21. The maximum Gasteiger partial charge on any atom is 0.0544 e. The molecule has 0 aliphatic carbocycles. The second-order valence-electron chi connectivity index (χ2n) is 5.22. The van der Waals surface area contributed by atoms with Crippen molar-refractivity contribution in [1.29, 1.82) is 0 Å². The van der Waals surface area contributed by atoms with E-state index < -0.39 is 0 Å². The van der Waals surface area contributed by atoms with E-state index in [0.29, 0.717) is 0 Å². The highest BCUT2D eigenvalue weighted by Gasteiger charge is 2.05. The molecular formula is C18H25N3. The summed E-state index contributed by atoms with van der Waals surface area (Å²) in [6, 6.07) is 15.0. The van der Waals surface area contributed by atoms with Gasteiger partial charge in [0.05, 0.1) is 5.69 Å². The quantitative estimate of drug-likeness (QED) is 0.806. The second kappa shape index (κ2) is 8.55. The van der Waals surface area contributed by atoms with E-state index >= 15 is 0 Å². The van der Waals surface area contributed by atoms with E-state index in [2.05, 4.69) is 59.4 Å². The summed E-state index contributed by atoms with van der Waals surface area (Å²) in [5.74, 6) is 0. The van der Waals surface area contributed by atoms with Crippen LogP contribution in [-0.2, 0) is 19.6 Å². The molecule has 0 unspecified atom stereocenters. The second-order valence-corrected chi connectivity index (χ2v) is 5.22. The Bertz CT molecular complexity index is 508. The van der Waals surface area contributed by atoms with Crippen molar-refractivity contribution in [3.05, 3.63) is 65.5 Å². The predicted molar refractivity (Wildman–Crippen MR) is 87.8 cm³/mol. The van der Waals surface area contributed by atoms with Gasteiger partial charge in [0.25, 0.3) is 0 Å². The van der Waals surface area contributed by atoms with Crippen molar-refractivity contribution in [2.45, 2.75) is 33.5 Å². The lowest BCUT2D eigenvalue weighted by atomic mass is 10.1. The van der Waals surface area contributed by atoms with Crippen molar-refractivity contribution in [3.63, 3.8) is 0 Å². The summed E-state index contributed by atoms with van der Waals surface area (Å²) in [5.41, 5.74) is 3.82. The van der Waals surface area contributed by atoms with Gasteiger partial charge in [-0.2, -0.15) is 0 Å². The fourth-order valence-corrected chi connectivity index (χ4v) is 2.29. The molecule has 3 heteroatoms. The lowest BCUT2D eigenvalue weighted by Gasteiger charge is -2.20. The molecule has 0 aliphatic rings. The van der Waals surface area contributed by atoms with Gasteiger partial charge < -0.3 is 5.32 Å². The molecule has 2 aromatic rings. The summed E-state index contributed by atoms with van der Waals surface area (Å²) < 4.78 is 0. The Morgan fingerprint density at radius 2 is 1.71 bits per heavy atom. The normalized spacial score (nSPS) is 11.0. The van der Waals surface area contributed by atoms with Gasteiger partial charge in [-0.3, -0.25) is 9.88 Å². The Balaban J connectivity index is 1.92. The number of benzene rings is 1. The van der Waals surface area contributed by atoms with E-state index in [1.165, 1.54) is 11.1 Å². The summed E-state index contributed by atoms with van der Waals surface area (Å²) in [5, 5.41) is 3.35. The van der Waals surface area contributed by atoms with Gasteiger partial charge in [0.15, 0.2) is 0 Å². The minimum atomic E-state index is 0.899. The molecule has 3 nitrogen and oxygen atoms in total. The highest BCUT2D eigenvalue weighted by Crippen LogP contribution is 2.10. The zero-order valence-corrected chi connectivity index (χ0v) is 13.0. The monoisotopic (exact) mass is 283 g/mol. The zero-order chi connectivity index (χ0) is 14.9. The van der Waals surface area contributed by atoms with Gasteiger partial charge >= 0.3 is 0 Å². The van der Waals surface area contributed by atoms with Gasteiger partial charge in [-0.1, -0.05) is 44.2 Å². The summed E-state index contributed by atoms with van der Waals surface area (Å²) in [6.07, 6.45) is 1.86. The molecule has 0 spiro atoms. The van der Waals surface area contributed by atoms with Crippen LogP contribution >= 0.6 is 0 Å². The highest BCUT2D eigenvalue weighted by molar-refractivity contribution is 5.22. The number of nitrogens with one attached hydrogen (secondary N) is 1. The third kappa shape index (κ3) is 5.29. The van der Waals surface area contributed by atoms with E-state index in [-0.39, 0.29) is 0 Å². The van der Waals surface area contributed by atoms with Crippen molar-refractivity contribution in [2.24, 2.45) is 0 Å². The minimum absolute atomic E-state index is 0.899. The molecule has 0 saturated carbocycles. The molecule has 0 aliphatic heterocycles. The van der Waals surface area contributed by atoms with E-state index in [1.54, 1.807) is 0 Å². The Kier molecular flexibility index (Phi) is 6.38. The molecular weight excluding hydrogens is 258 g/mol. The molecule has 2 rings (SSSR count). The average molecular weight is 283 g/mol. The number of rotatable bonds is 8. The molecule has 0 amide bonds. The first-order valence-corrected chi connectivity index (χ1v) is 7.72. The van der Waals surface area contributed by atoms with Gasteiger partial charge in [0.2, 0.25) is 0 Å². The molecule has 1 heterocycles. The highest BCUT2D eigenvalue weighted by atomic mass is 15.1. The first-order chi connectivity index (χ1) is 10.3. The third-order valence-electron chi connectivity index (χ3n) is 3.57. The van der Waals surface area contributed by atoms with Gasteiger partial charge in [-0.05, 0) is 36.3 Å². The van der Waals surface area contributed by atoms with E-state index in [9.17, 15) is 0 Å². The van der Waals surface area contributed by atoms with Crippen molar-refractivity contribution >= 4 is 0 Å². The topological polar surface area (TPSA) is 28.2 Å². The van der Waals surface area contributed by atoms with Crippen LogP contribution in [0, 0.1) is 0 Å². The van der Waals surface area contributed by atoms with Crippen molar-refractivity contribution in [1.82, 2.24) is 15.2 Å². The lowest BCUT2D eigenvalue weighted by Crippen LogP contribution is -2.22. The summed E-state index contributed by atoms with van der Waals surface area (Å²) >= 11 is 0. The molecule has 21 heavy (non-hydrogen) atoms. The first-order valence-electron chi connectivity index (χ1n) is 7.72. The maximum absolute atomic E-state index is 4.41. The van der Waals surface area contributed by atoms with Crippen LogP contribution in [0.3, 0.4) is 0 Å². The van der Waals surface area contributed by atoms with Gasteiger partial charge in [0.1, 0.15) is 0 Å². The maximum atomic E-state index is 4.41. The van der Waals surface area contributed by atoms with Crippen LogP contribution in [0.2, 0.25) is 0 Å². The van der Waals surface area contributed by atoms with Crippen LogP contribution in [0.4, 0.5) is 0 Å². The number of aromatic nitrogens is 1. The largest absolute Gasteiger partial charge is 0.313 e. The standard InChI is InChI=1S/C18H25N3/c1-3-19-13-16-8-10-17(11-9-16)14-21(4-2)15-18-7-5-6-12-20-18/h5-12,19H,3-4,13-15H2,1-2H3. The van der Waals surface area contributed by atoms with Gasteiger partial charge in [-0.15, -0.1) is 0 Å². The summed E-state index contributed by atoms with van der Waals surface area (Å²) in [4.78, 5) is 6.81. The fourth-order valence-electron chi connectivity index (χ4n) is 2.29. The number of hydrogen-bond acceptors (Lipinski definition) is 3. The van der Waals surface area contributed by atoms with Gasteiger partial charge in [-0.25, -0.2) is 0 Å². The molecule has 0 saturated heterocycles. The van der Waals surface area contributed by atoms with Crippen LogP contribution < -0.4 is 5.32 Å². The fraction of sp³-hybridized carbons (Fsp3) is 0.389. The zero-order valence-electron chi connectivity index (χ0n) is 13.0. The molecule has 1 aromatic carbocycles. The molecule has 0 atom stereocenters. The average Bonchev–Trinajstić information content (AvgIpc) is 2.54. The number of pyridine rings is 1. The van der Waals surface area contributed by atoms with E-state index in [1.807, 2.05) is 18.3 Å². The SMILES string of the molecule is CCNCc1ccc(CN(CC)Cc2ccccn2)cc1. The van der Waals surface area contributed by atoms with Crippen LogP contribution in [0.15, 0.2) is 48.7 Å². The number of hydrogen-bond donors (Lipinski definition) is 1. The Morgan fingerprint density at radius 3 is 2.33 bits per heavy atom. The van der Waals surface area contributed by atoms with E-state index in [4.69, 9.17) is 0 Å².